The van der Waals surface area contributed by atoms with Crippen LogP contribution in [0.1, 0.15) is 17.7 Å². The Hall–Kier alpha value is -1.14. The van der Waals surface area contributed by atoms with Crippen molar-refractivity contribution in [3.63, 3.8) is 0 Å². The fourth-order valence-corrected chi connectivity index (χ4v) is 2.91. The maximum Gasteiger partial charge on any atom is 0.323 e. The van der Waals surface area contributed by atoms with Gasteiger partial charge in [0.2, 0.25) is 5.91 Å². The number of hydrogen-bond acceptors (Lipinski definition) is 3. The summed E-state index contributed by atoms with van der Waals surface area (Å²) < 4.78 is 0.999. The normalized spacial score (nSPS) is 14.9. The summed E-state index contributed by atoms with van der Waals surface area (Å²) in [5.41, 5.74) is 0. The monoisotopic (exact) mass is 329 g/mol. The van der Waals surface area contributed by atoms with Crippen LogP contribution in [-0.2, 0) is 9.59 Å². The van der Waals surface area contributed by atoms with E-state index in [2.05, 4.69) is 15.9 Å². The number of aliphatic carboxylic acids is 1. The minimum Gasteiger partial charge on any atom is -0.480 e. The fourth-order valence-electron chi connectivity index (χ4n) is 1.59. The molecule has 0 aromatic carbocycles. The van der Waals surface area contributed by atoms with Gasteiger partial charge in [-0.2, -0.15) is 0 Å². The van der Waals surface area contributed by atoms with Gasteiger partial charge in [0.25, 0.3) is 0 Å². The maximum absolute atomic E-state index is 11.9. The smallest absolute Gasteiger partial charge is 0.323 e. The first-order valence-electron chi connectivity index (χ1n) is 5.52. The summed E-state index contributed by atoms with van der Waals surface area (Å²) in [6.45, 7) is -0.220. The molecule has 96 valence electrons. The molecule has 4 nitrogen and oxygen atoms in total. The Labute approximate surface area is 117 Å². The number of carbonyl (C=O) groups excluding carboxylic acids is 1. The molecule has 1 aromatic rings. The Morgan fingerprint density at radius 1 is 1.50 bits per heavy atom. The second-order valence-corrected chi connectivity index (χ2v) is 6.56. The van der Waals surface area contributed by atoms with Crippen LogP contribution < -0.4 is 0 Å². The average Bonchev–Trinajstić information content (AvgIpc) is 3.06. The van der Waals surface area contributed by atoms with E-state index in [1.807, 2.05) is 12.1 Å². The quantitative estimate of drug-likeness (QED) is 0.845. The van der Waals surface area contributed by atoms with Crippen molar-refractivity contribution in [2.75, 3.05) is 6.54 Å². The van der Waals surface area contributed by atoms with Gasteiger partial charge in [-0.25, -0.2) is 0 Å². The van der Waals surface area contributed by atoms with Gasteiger partial charge < -0.3 is 10.0 Å². The highest BCUT2D eigenvalue weighted by Gasteiger charge is 2.32. The number of halogens is 1. The first-order valence-corrected chi connectivity index (χ1v) is 7.13. The SMILES string of the molecule is O=C(O)CN(C(=O)/C=C/c1ccc(Br)s1)C1CC1. The number of carboxylic acids is 1. The van der Waals surface area contributed by atoms with Gasteiger partial charge in [-0.15, -0.1) is 11.3 Å². The van der Waals surface area contributed by atoms with Gasteiger partial charge >= 0.3 is 5.97 Å². The molecule has 0 bridgehead atoms. The summed E-state index contributed by atoms with van der Waals surface area (Å²) in [6.07, 6.45) is 4.96. The highest BCUT2D eigenvalue weighted by molar-refractivity contribution is 9.11. The lowest BCUT2D eigenvalue weighted by Crippen LogP contribution is -2.36. The standard InChI is InChI=1S/C12H12BrNO3S/c13-10-5-3-9(18-10)4-6-11(15)14(7-12(16)17)8-1-2-8/h3-6,8H,1-2,7H2,(H,16,17)/b6-4+. The van der Waals surface area contributed by atoms with Crippen molar-refractivity contribution in [1.29, 1.82) is 0 Å². The van der Waals surface area contributed by atoms with Crippen LogP contribution in [0.3, 0.4) is 0 Å². The highest BCUT2D eigenvalue weighted by atomic mass is 79.9. The second kappa shape index (κ2) is 5.67. The highest BCUT2D eigenvalue weighted by Crippen LogP contribution is 2.27. The van der Waals surface area contributed by atoms with E-state index in [1.165, 1.54) is 22.3 Å². The summed E-state index contributed by atoms with van der Waals surface area (Å²) >= 11 is 4.87. The van der Waals surface area contributed by atoms with E-state index in [9.17, 15) is 9.59 Å². The van der Waals surface area contributed by atoms with Gasteiger partial charge in [0.1, 0.15) is 6.54 Å². The van der Waals surface area contributed by atoms with Crippen LogP contribution in [0.5, 0.6) is 0 Å². The molecule has 18 heavy (non-hydrogen) atoms. The lowest BCUT2D eigenvalue weighted by Gasteiger charge is -2.17. The summed E-state index contributed by atoms with van der Waals surface area (Å²) in [6, 6.07) is 3.91. The molecule has 2 rings (SSSR count). The third-order valence-corrected chi connectivity index (χ3v) is 4.15. The Kier molecular flexibility index (Phi) is 4.19. The number of rotatable bonds is 5. The molecule has 1 aliphatic rings. The number of thiophene rings is 1. The molecule has 0 saturated heterocycles. The number of carbonyl (C=O) groups is 2. The van der Waals surface area contributed by atoms with Crippen LogP contribution >= 0.6 is 27.3 Å². The summed E-state index contributed by atoms with van der Waals surface area (Å²) in [5, 5.41) is 8.78. The molecule has 0 atom stereocenters. The Morgan fingerprint density at radius 3 is 2.72 bits per heavy atom. The Morgan fingerprint density at radius 2 is 2.22 bits per heavy atom. The van der Waals surface area contributed by atoms with Crippen LogP contribution in [0.4, 0.5) is 0 Å². The van der Waals surface area contributed by atoms with Gasteiger partial charge in [0.15, 0.2) is 0 Å². The van der Waals surface area contributed by atoms with Gasteiger partial charge in [0, 0.05) is 17.0 Å². The predicted molar refractivity (Wildman–Crippen MR) is 73.4 cm³/mol. The van der Waals surface area contributed by atoms with Crippen LogP contribution in [0.15, 0.2) is 22.0 Å². The molecule has 0 radical (unpaired) electrons. The van der Waals surface area contributed by atoms with Crippen molar-refractivity contribution in [2.24, 2.45) is 0 Å². The zero-order valence-electron chi connectivity index (χ0n) is 9.51. The largest absolute Gasteiger partial charge is 0.480 e. The summed E-state index contributed by atoms with van der Waals surface area (Å²) in [5.74, 6) is -1.20. The molecule has 1 amide bonds. The van der Waals surface area contributed by atoms with E-state index in [4.69, 9.17) is 5.11 Å². The van der Waals surface area contributed by atoms with E-state index >= 15 is 0 Å². The van der Waals surface area contributed by atoms with Crippen molar-refractivity contribution in [3.8, 4) is 0 Å². The Bertz CT molecular complexity index is 493. The topological polar surface area (TPSA) is 57.6 Å². The molecule has 1 saturated carbocycles. The van der Waals surface area contributed by atoms with Crippen molar-refractivity contribution in [2.45, 2.75) is 18.9 Å². The van der Waals surface area contributed by atoms with Crippen LogP contribution in [0.2, 0.25) is 0 Å². The average molecular weight is 330 g/mol. The minimum absolute atomic E-state index is 0.105. The van der Waals surface area contributed by atoms with Crippen LogP contribution in [0, 0.1) is 0 Å². The van der Waals surface area contributed by atoms with Crippen molar-refractivity contribution in [1.82, 2.24) is 4.90 Å². The third kappa shape index (κ3) is 3.68. The lowest BCUT2D eigenvalue weighted by molar-refractivity contribution is -0.143. The molecular weight excluding hydrogens is 318 g/mol. The lowest BCUT2D eigenvalue weighted by atomic mass is 10.3. The molecule has 0 spiro atoms. The van der Waals surface area contributed by atoms with Gasteiger partial charge in [-0.1, -0.05) is 0 Å². The van der Waals surface area contributed by atoms with Gasteiger partial charge in [-0.05, 0) is 47.0 Å². The molecule has 1 fully saturated rings. The molecule has 0 aliphatic heterocycles. The van der Waals surface area contributed by atoms with Crippen LogP contribution in [-0.4, -0.2) is 34.5 Å². The molecular formula is C12H12BrNO3S. The molecule has 1 aromatic heterocycles. The molecule has 1 N–H and O–H groups in total. The first kappa shape index (κ1) is 13.3. The van der Waals surface area contributed by atoms with E-state index in [1.54, 1.807) is 6.08 Å². The first-order chi connectivity index (χ1) is 8.56. The number of amides is 1. The van der Waals surface area contributed by atoms with Crippen LogP contribution in [0.25, 0.3) is 6.08 Å². The number of nitrogens with zero attached hydrogens (tertiary/aromatic N) is 1. The van der Waals surface area contributed by atoms with E-state index in [-0.39, 0.29) is 18.5 Å². The number of carboxylic acid groups (broad SMARTS) is 1. The van der Waals surface area contributed by atoms with E-state index in [0.29, 0.717) is 0 Å². The second-order valence-electron chi connectivity index (χ2n) is 4.07. The van der Waals surface area contributed by atoms with E-state index in [0.717, 1.165) is 21.5 Å². The van der Waals surface area contributed by atoms with E-state index < -0.39 is 5.97 Å². The Balaban J connectivity index is 2.00. The fraction of sp³-hybridized carbons (Fsp3) is 0.333. The maximum atomic E-state index is 11.9. The van der Waals surface area contributed by atoms with Crippen molar-refractivity contribution in [3.05, 3.63) is 26.9 Å². The summed E-state index contributed by atoms with van der Waals surface area (Å²) in [4.78, 5) is 25.0. The summed E-state index contributed by atoms with van der Waals surface area (Å²) in [7, 11) is 0. The molecule has 6 heteroatoms. The minimum atomic E-state index is -0.970. The zero-order valence-corrected chi connectivity index (χ0v) is 11.9. The molecule has 0 unspecified atom stereocenters. The molecule has 1 heterocycles. The van der Waals surface area contributed by atoms with Gasteiger partial charge in [-0.3, -0.25) is 9.59 Å². The third-order valence-electron chi connectivity index (χ3n) is 2.56. The van der Waals surface area contributed by atoms with Gasteiger partial charge in [0.05, 0.1) is 3.79 Å². The van der Waals surface area contributed by atoms with Crippen molar-refractivity contribution < 1.29 is 14.7 Å². The number of hydrogen-bond donors (Lipinski definition) is 1. The molecule has 1 aliphatic carbocycles. The predicted octanol–water partition coefficient (Wildman–Crippen LogP) is 2.60. The zero-order chi connectivity index (χ0) is 13.1. The van der Waals surface area contributed by atoms with Crippen molar-refractivity contribution >= 4 is 45.2 Å².